The Bertz CT molecular complexity index is 169. The van der Waals surface area contributed by atoms with Crippen molar-refractivity contribution in [3.05, 3.63) is 0 Å². The molecule has 1 saturated heterocycles. The summed E-state index contributed by atoms with van der Waals surface area (Å²) >= 11 is 0. The highest BCUT2D eigenvalue weighted by Gasteiger charge is 2.35. The summed E-state index contributed by atoms with van der Waals surface area (Å²) in [6.07, 6.45) is -1.29. The van der Waals surface area contributed by atoms with Gasteiger partial charge in [-0.1, -0.05) is 0 Å². The minimum Gasteiger partial charge on any atom is -0.316 e. The highest BCUT2D eigenvalue weighted by atomic mass is 16.9. The van der Waals surface area contributed by atoms with Gasteiger partial charge in [0.15, 0.2) is 6.29 Å². The van der Waals surface area contributed by atoms with Crippen LogP contribution in [0.5, 0.6) is 0 Å². The Hall–Kier alpha value is -0.740. The van der Waals surface area contributed by atoms with Crippen LogP contribution in [0.2, 0.25) is 0 Å². The highest BCUT2D eigenvalue weighted by Crippen LogP contribution is 2.16. The molecule has 0 aromatic rings. The molecule has 0 aromatic heterocycles. The molecule has 0 spiro atoms. The molecule has 0 aromatic carbocycles. The summed E-state index contributed by atoms with van der Waals surface area (Å²) < 4.78 is 9.54. The molecular weight excluding hydrogens is 136 g/mol. The van der Waals surface area contributed by atoms with Crippen molar-refractivity contribution >= 4 is 11.6 Å². The van der Waals surface area contributed by atoms with Gasteiger partial charge in [-0.2, -0.15) is 0 Å². The van der Waals surface area contributed by atoms with Gasteiger partial charge in [0.25, 0.3) is 5.78 Å². The molecule has 0 saturated carbocycles. The fourth-order valence-corrected chi connectivity index (χ4v) is 0.648. The molecule has 0 unspecified atom stereocenters. The van der Waals surface area contributed by atoms with Crippen molar-refractivity contribution in [1.29, 1.82) is 0 Å². The Morgan fingerprint density at radius 2 is 1.80 bits per heavy atom. The summed E-state index contributed by atoms with van der Waals surface area (Å²) in [6, 6.07) is 0. The number of carbonyl (C=O) groups excluding carboxylic acids is 2. The summed E-state index contributed by atoms with van der Waals surface area (Å²) in [6.45, 7) is 2.85. The Kier molecular flexibility index (Phi) is 1.82. The fraction of sp³-hybridized carbons (Fsp3) is 0.667. The normalized spacial score (nSPS) is 31.0. The van der Waals surface area contributed by atoms with Gasteiger partial charge in [0.2, 0.25) is 12.1 Å². The predicted molar refractivity (Wildman–Crippen MR) is 31.1 cm³/mol. The van der Waals surface area contributed by atoms with E-state index in [4.69, 9.17) is 9.47 Å². The quantitative estimate of drug-likeness (QED) is 0.506. The van der Waals surface area contributed by atoms with Crippen molar-refractivity contribution in [2.75, 3.05) is 0 Å². The van der Waals surface area contributed by atoms with Gasteiger partial charge < -0.3 is 9.47 Å². The molecule has 10 heavy (non-hydrogen) atoms. The molecule has 0 radical (unpaired) electrons. The second kappa shape index (κ2) is 2.48. The monoisotopic (exact) mass is 144 g/mol. The molecule has 1 fully saturated rings. The second-order valence-electron chi connectivity index (χ2n) is 2.09. The molecular formula is C6H8O4. The molecule has 0 aliphatic carbocycles. The van der Waals surface area contributed by atoms with Gasteiger partial charge in [-0.05, 0) is 6.92 Å². The largest absolute Gasteiger partial charge is 0.316 e. The van der Waals surface area contributed by atoms with Gasteiger partial charge in [-0.25, -0.2) is 0 Å². The van der Waals surface area contributed by atoms with E-state index in [1.54, 1.807) is 6.92 Å². The molecule has 56 valence electrons. The Morgan fingerprint density at radius 3 is 2.10 bits per heavy atom. The van der Waals surface area contributed by atoms with E-state index in [0.29, 0.717) is 0 Å². The predicted octanol–water partition coefficient (Wildman–Crippen LogP) is -0.137. The van der Waals surface area contributed by atoms with Gasteiger partial charge in [0, 0.05) is 6.92 Å². The maximum atomic E-state index is 10.7. The van der Waals surface area contributed by atoms with Crippen molar-refractivity contribution in [3.8, 4) is 0 Å². The number of ketones is 2. The minimum absolute atomic E-state index is 0.353. The maximum absolute atomic E-state index is 10.7. The number of Topliss-reactive ketones (excluding diaryl/α,β-unsaturated/α-hetero) is 2. The van der Waals surface area contributed by atoms with Gasteiger partial charge in [0.05, 0.1) is 0 Å². The standard InChI is InChI=1S/C6H8O4/c1-3(7)5(8)6-9-4(2)10-6/h4,6H,1-2H3. The van der Waals surface area contributed by atoms with E-state index in [0.717, 1.165) is 0 Å². The Balaban J connectivity index is 2.38. The molecule has 0 atom stereocenters. The van der Waals surface area contributed by atoms with E-state index in [2.05, 4.69) is 0 Å². The number of carbonyl (C=O) groups is 2. The average Bonchev–Trinajstić information content (AvgIpc) is 1.79. The second-order valence-corrected chi connectivity index (χ2v) is 2.09. The van der Waals surface area contributed by atoms with E-state index >= 15 is 0 Å². The van der Waals surface area contributed by atoms with Crippen LogP contribution in [-0.2, 0) is 19.1 Å². The van der Waals surface area contributed by atoms with Crippen molar-refractivity contribution in [2.24, 2.45) is 0 Å². The molecule has 1 heterocycles. The lowest BCUT2D eigenvalue weighted by molar-refractivity contribution is -0.355. The summed E-state index contributed by atoms with van der Waals surface area (Å²) in [5.41, 5.74) is 0. The highest BCUT2D eigenvalue weighted by molar-refractivity contribution is 6.37. The lowest BCUT2D eigenvalue weighted by Crippen LogP contribution is -2.46. The minimum atomic E-state index is -0.938. The number of hydrogen-bond acceptors (Lipinski definition) is 4. The van der Waals surface area contributed by atoms with Gasteiger partial charge in [0.1, 0.15) is 0 Å². The van der Waals surface area contributed by atoms with E-state index in [1.807, 2.05) is 0 Å². The fourth-order valence-electron chi connectivity index (χ4n) is 0.648. The Morgan fingerprint density at radius 1 is 1.30 bits per heavy atom. The van der Waals surface area contributed by atoms with Gasteiger partial charge in [-0.15, -0.1) is 0 Å². The van der Waals surface area contributed by atoms with Crippen LogP contribution in [0.15, 0.2) is 0 Å². The van der Waals surface area contributed by atoms with Crippen molar-refractivity contribution in [1.82, 2.24) is 0 Å². The summed E-state index contributed by atoms with van der Waals surface area (Å²) in [4.78, 5) is 21.0. The van der Waals surface area contributed by atoms with Gasteiger partial charge in [-0.3, -0.25) is 9.59 Å². The van der Waals surface area contributed by atoms with Crippen LogP contribution in [0.1, 0.15) is 13.8 Å². The van der Waals surface area contributed by atoms with Crippen LogP contribution in [0, 0.1) is 0 Å². The van der Waals surface area contributed by atoms with Crippen LogP contribution in [-0.4, -0.2) is 24.1 Å². The smallest absolute Gasteiger partial charge is 0.254 e. The first-order valence-electron chi connectivity index (χ1n) is 2.97. The Labute approximate surface area is 58.1 Å². The lowest BCUT2D eigenvalue weighted by atomic mass is 10.2. The first kappa shape index (κ1) is 7.37. The molecule has 1 aliphatic rings. The van der Waals surface area contributed by atoms with Crippen molar-refractivity contribution in [2.45, 2.75) is 26.4 Å². The number of hydrogen-bond donors (Lipinski definition) is 0. The van der Waals surface area contributed by atoms with E-state index in [1.165, 1.54) is 6.92 Å². The summed E-state index contributed by atoms with van der Waals surface area (Å²) in [7, 11) is 0. The first-order valence-corrected chi connectivity index (χ1v) is 2.97. The van der Waals surface area contributed by atoms with Crippen molar-refractivity contribution in [3.63, 3.8) is 0 Å². The van der Waals surface area contributed by atoms with E-state index in [9.17, 15) is 9.59 Å². The molecule has 1 aliphatic heterocycles. The lowest BCUT2D eigenvalue weighted by Gasteiger charge is -2.31. The molecule has 1 rings (SSSR count). The maximum Gasteiger partial charge on any atom is 0.254 e. The van der Waals surface area contributed by atoms with E-state index < -0.39 is 17.9 Å². The molecule has 0 amide bonds. The van der Waals surface area contributed by atoms with Crippen LogP contribution in [0.3, 0.4) is 0 Å². The zero-order chi connectivity index (χ0) is 7.72. The molecule has 0 N–H and O–H groups in total. The molecule has 0 bridgehead atoms. The molecule has 4 nitrogen and oxygen atoms in total. The van der Waals surface area contributed by atoms with Crippen molar-refractivity contribution < 1.29 is 19.1 Å². The van der Waals surface area contributed by atoms with Gasteiger partial charge >= 0.3 is 0 Å². The van der Waals surface area contributed by atoms with Crippen LogP contribution in [0.4, 0.5) is 0 Å². The number of ether oxygens (including phenoxy) is 2. The topological polar surface area (TPSA) is 52.6 Å². The molecule has 4 heteroatoms. The van der Waals surface area contributed by atoms with Crippen LogP contribution in [0.25, 0.3) is 0 Å². The number of rotatable bonds is 2. The average molecular weight is 144 g/mol. The summed E-state index contributed by atoms with van der Waals surface area (Å²) in [5, 5.41) is 0. The zero-order valence-electron chi connectivity index (χ0n) is 5.79. The third kappa shape index (κ3) is 1.22. The first-order chi connectivity index (χ1) is 4.61. The summed E-state index contributed by atoms with van der Waals surface area (Å²) in [5.74, 6) is -1.14. The van der Waals surface area contributed by atoms with E-state index in [-0.39, 0.29) is 6.29 Å². The SMILES string of the molecule is CC(=O)C(=O)C1OC(C)O1. The van der Waals surface area contributed by atoms with Crippen LogP contribution < -0.4 is 0 Å². The van der Waals surface area contributed by atoms with Crippen LogP contribution >= 0.6 is 0 Å². The third-order valence-corrected chi connectivity index (χ3v) is 1.19. The zero-order valence-corrected chi connectivity index (χ0v) is 5.79. The third-order valence-electron chi connectivity index (χ3n) is 1.19.